The summed E-state index contributed by atoms with van der Waals surface area (Å²) in [7, 11) is 0. The van der Waals surface area contributed by atoms with Crippen molar-refractivity contribution in [2.45, 2.75) is 65.1 Å². The standard InChI is InChI=1S/C23H34O7/c1-6-23(22(13-28-15-29-23)11-26-14-27-12-22)30-19(24)8-7-17-9-16(2)20(25)18(10-17)21(3,4)5/h9-10,25H,6-8,11-15H2,1-5H3. The molecular weight excluding hydrogens is 388 g/mol. The van der Waals surface area contributed by atoms with Gasteiger partial charge in [-0.05, 0) is 35.4 Å². The molecule has 1 unspecified atom stereocenters. The normalized spacial score (nSPS) is 24.0. The van der Waals surface area contributed by atoms with E-state index >= 15 is 0 Å². The molecule has 1 aromatic rings. The van der Waals surface area contributed by atoms with Crippen LogP contribution in [0.25, 0.3) is 0 Å². The Morgan fingerprint density at radius 3 is 2.37 bits per heavy atom. The fraction of sp³-hybridized carbons (Fsp3) is 0.696. The summed E-state index contributed by atoms with van der Waals surface area (Å²) >= 11 is 0. The van der Waals surface area contributed by atoms with Crippen molar-refractivity contribution >= 4 is 5.97 Å². The van der Waals surface area contributed by atoms with Gasteiger partial charge < -0.3 is 28.8 Å². The number of benzene rings is 1. The highest BCUT2D eigenvalue weighted by molar-refractivity contribution is 5.70. The minimum absolute atomic E-state index is 0.0645. The molecule has 168 valence electrons. The van der Waals surface area contributed by atoms with E-state index in [0.717, 1.165) is 16.7 Å². The third kappa shape index (κ3) is 4.49. The van der Waals surface area contributed by atoms with Crippen molar-refractivity contribution in [2.75, 3.05) is 33.4 Å². The highest BCUT2D eigenvalue weighted by Gasteiger charge is 2.59. The van der Waals surface area contributed by atoms with Crippen molar-refractivity contribution < 1.29 is 33.6 Å². The van der Waals surface area contributed by atoms with Crippen LogP contribution in [0.2, 0.25) is 0 Å². The van der Waals surface area contributed by atoms with Gasteiger partial charge in [0.1, 0.15) is 18.0 Å². The van der Waals surface area contributed by atoms with Gasteiger partial charge >= 0.3 is 5.97 Å². The zero-order valence-electron chi connectivity index (χ0n) is 18.7. The second kappa shape index (κ2) is 8.83. The van der Waals surface area contributed by atoms with Crippen LogP contribution in [0.3, 0.4) is 0 Å². The quantitative estimate of drug-likeness (QED) is 0.726. The van der Waals surface area contributed by atoms with E-state index in [-0.39, 0.29) is 31.4 Å². The van der Waals surface area contributed by atoms with Crippen molar-refractivity contribution in [1.82, 2.24) is 0 Å². The van der Waals surface area contributed by atoms with Crippen LogP contribution in [0.5, 0.6) is 5.75 Å². The van der Waals surface area contributed by atoms with E-state index in [1.54, 1.807) is 0 Å². The van der Waals surface area contributed by atoms with Crippen LogP contribution in [0.4, 0.5) is 0 Å². The molecule has 2 fully saturated rings. The van der Waals surface area contributed by atoms with Crippen molar-refractivity contribution in [2.24, 2.45) is 5.41 Å². The summed E-state index contributed by atoms with van der Waals surface area (Å²) < 4.78 is 28.3. The Hall–Kier alpha value is -1.67. The SMILES string of the molecule is CCC1(OC(=O)CCc2cc(C)c(O)c(C(C)(C)C)c2)OCOCC12COCOC2. The summed E-state index contributed by atoms with van der Waals surface area (Å²) in [5.74, 6) is -1.16. The Bertz CT molecular complexity index is 753. The molecule has 1 N–H and O–H groups in total. The molecule has 1 spiro atoms. The van der Waals surface area contributed by atoms with Gasteiger partial charge in [0.05, 0.1) is 19.8 Å². The Kier molecular flexibility index (Phi) is 6.77. The molecule has 1 atom stereocenters. The number of aryl methyl sites for hydroxylation is 2. The number of aromatic hydroxyl groups is 1. The van der Waals surface area contributed by atoms with Gasteiger partial charge in [0.2, 0.25) is 5.79 Å². The van der Waals surface area contributed by atoms with Crippen LogP contribution < -0.4 is 0 Å². The first-order valence-corrected chi connectivity index (χ1v) is 10.5. The van der Waals surface area contributed by atoms with Crippen LogP contribution in [0, 0.1) is 12.3 Å². The van der Waals surface area contributed by atoms with E-state index in [1.807, 2.05) is 26.0 Å². The van der Waals surface area contributed by atoms with Crippen molar-refractivity contribution in [1.29, 1.82) is 0 Å². The third-order valence-corrected chi connectivity index (χ3v) is 6.02. The summed E-state index contributed by atoms with van der Waals surface area (Å²) in [6.45, 7) is 11.3. The van der Waals surface area contributed by atoms with Gasteiger partial charge in [-0.1, -0.05) is 39.8 Å². The number of hydrogen-bond donors (Lipinski definition) is 1. The van der Waals surface area contributed by atoms with E-state index in [1.165, 1.54) is 0 Å². The highest BCUT2D eigenvalue weighted by atomic mass is 16.8. The van der Waals surface area contributed by atoms with Crippen LogP contribution in [0.15, 0.2) is 12.1 Å². The van der Waals surface area contributed by atoms with Gasteiger partial charge in [-0.3, -0.25) is 4.79 Å². The van der Waals surface area contributed by atoms with E-state index in [9.17, 15) is 9.90 Å². The van der Waals surface area contributed by atoms with Crippen LogP contribution >= 0.6 is 0 Å². The number of carbonyl (C=O) groups excluding carboxylic acids is 1. The smallest absolute Gasteiger partial charge is 0.308 e. The van der Waals surface area contributed by atoms with Crippen molar-refractivity contribution in [3.8, 4) is 5.75 Å². The molecule has 0 bridgehead atoms. The summed E-state index contributed by atoms with van der Waals surface area (Å²) in [6.07, 6.45) is 1.19. The molecule has 2 aliphatic heterocycles. The molecule has 1 aromatic carbocycles. The molecule has 0 aliphatic carbocycles. The van der Waals surface area contributed by atoms with Crippen LogP contribution in [-0.4, -0.2) is 50.3 Å². The maximum atomic E-state index is 12.8. The summed E-state index contributed by atoms with van der Waals surface area (Å²) in [6, 6.07) is 3.89. The number of phenols is 1. The molecule has 0 amide bonds. The second-order valence-corrected chi connectivity index (χ2v) is 9.35. The van der Waals surface area contributed by atoms with Crippen LogP contribution in [-0.2, 0) is 40.3 Å². The van der Waals surface area contributed by atoms with E-state index < -0.39 is 11.2 Å². The summed E-state index contributed by atoms with van der Waals surface area (Å²) in [4.78, 5) is 12.8. The van der Waals surface area contributed by atoms with Crippen molar-refractivity contribution in [3.63, 3.8) is 0 Å². The molecule has 30 heavy (non-hydrogen) atoms. The first-order valence-electron chi connectivity index (χ1n) is 10.5. The lowest BCUT2D eigenvalue weighted by molar-refractivity contribution is -0.387. The molecule has 0 radical (unpaired) electrons. The maximum absolute atomic E-state index is 12.8. The summed E-state index contributed by atoms with van der Waals surface area (Å²) in [5.41, 5.74) is 1.80. The molecule has 7 nitrogen and oxygen atoms in total. The number of carbonyl (C=O) groups is 1. The van der Waals surface area contributed by atoms with Gasteiger partial charge in [0.25, 0.3) is 0 Å². The predicted molar refractivity (Wildman–Crippen MR) is 110 cm³/mol. The Morgan fingerprint density at radius 2 is 1.77 bits per heavy atom. The van der Waals surface area contributed by atoms with E-state index in [4.69, 9.17) is 23.7 Å². The number of phenolic OH excluding ortho intramolecular Hbond substituents is 1. The molecule has 0 aromatic heterocycles. The lowest BCUT2D eigenvalue weighted by Gasteiger charge is -2.51. The first kappa shape index (κ1) is 23.0. The van der Waals surface area contributed by atoms with Gasteiger partial charge in [0, 0.05) is 12.8 Å². The van der Waals surface area contributed by atoms with Gasteiger partial charge in [-0.25, -0.2) is 0 Å². The largest absolute Gasteiger partial charge is 0.507 e. The van der Waals surface area contributed by atoms with E-state index in [2.05, 4.69) is 20.8 Å². The van der Waals surface area contributed by atoms with Gasteiger partial charge in [0.15, 0.2) is 6.79 Å². The molecule has 2 aliphatic rings. The fourth-order valence-electron chi connectivity index (χ4n) is 4.25. The first-order chi connectivity index (χ1) is 14.1. The average Bonchev–Trinajstić information content (AvgIpc) is 2.70. The van der Waals surface area contributed by atoms with Crippen LogP contribution in [0.1, 0.15) is 57.2 Å². The predicted octanol–water partition coefficient (Wildman–Crippen LogP) is 3.58. The third-order valence-electron chi connectivity index (χ3n) is 6.02. The average molecular weight is 423 g/mol. The van der Waals surface area contributed by atoms with Gasteiger partial charge in [-0.2, -0.15) is 0 Å². The Balaban J connectivity index is 1.72. The number of hydrogen-bond acceptors (Lipinski definition) is 7. The van der Waals surface area contributed by atoms with E-state index in [0.29, 0.717) is 38.4 Å². The number of ether oxygens (including phenoxy) is 5. The van der Waals surface area contributed by atoms with Gasteiger partial charge in [-0.15, -0.1) is 0 Å². The monoisotopic (exact) mass is 422 g/mol. The molecule has 7 heteroatoms. The molecule has 3 rings (SSSR count). The lowest BCUT2D eigenvalue weighted by atomic mass is 9.78. The number of esters is 1. The maximum Gasteiger partial charge on any atom is 0.308 e. The second-order valence-electron chi connectivity index (χ2n) is 9.35. The zero-order chi connectivity index (χ0) is 22.0. The lowest BCUT2D eigenvalue weighted by Crippen LogP contribution is -2.64. The minimum atomic E-state index is -1.13. The molecule has 2 saturated heterocycles. The molecule has 2 heterocycles. The molecule has 0 saturated carbocycles. The molecular formula is C23H34O7. The van der Waals surface area contributed by atoms with Crippen molar-refractivity contribution in [3.05, 3.63) is 28.8 Å². The highest BCUT2D eigenvalue weighted by Crippen LogP contribution is 2.44. The fourth-order valence-corrected chi connectivity index (χ4v) is 4.25. The summed E-state index contributed by atoms with van der Waals surface area (Å²) in [5, 5.41) is 10.4. The topological polar surface area (TPSA) is 83.5 Å². The zero-order valence-corrected chi connectivity index (χ0v) is 18.7. The Labute approximate surface area is 178 Å². The minimum Gasteiger partial charge on any atom is -0.507 e. The number of rotatable bonds is 5. The Morgan fingerprint density at radius 1 is 1.13 bits per heavy atom.